The number of halogens is 1. The van der Waals surface area contributed by atoms with Crippen LogP contribution in [0, 0.1) is 17.8 Å². The average Bonchev–Trinajstić information content (AvgIpc) is 3.03. The van der Waals surface area contributed by atoms with Crippen LogP contribution in [0.2, 0.25) is 0 Å². The maximum atomic E-state index is 12.9. The Labute approximate surface area is 156 Å². The lowest BCUT2D eigenvalue weighted by Crippen LogP contribution is -2.50. The van der Waals surface area contributed by atoms with E-state index >= 15 is 0 Å². The number of carbonyl (C=O) groups is 1. The van der Waals surface area contributed by atoms with Gasteiger partial charge in [0.1, 0.15) is 6.10 Å². The highest BCUT2D eigenvalue weighted by Crippen LogP contribution is 2.42. The number of ether oxygens (including phenoxy) is 1. The molecule has 2 aliphatic carbocycles. The molecule has 3 fully saturated rings. The van der Waals surface area contributed by atoms with Gasteiger partial charge in [-0.2, -0.15) is 0 Å². The lowest BCUT2D eigenvalue weighted by Gasteiger charge is -2.43. The number of benzene rings is 1. The summed E-state index contributed by atoms with van der Waals surface area (Å²) in [6.45, 7) is 0.714. The fourth-order valence-corrected chi connectivity index (χ4v) is 5.01. The topological polar surface area (TPSA) is 64.4 Å². The van der Waals surface area contributed by atoms with E-state index in [1.807, 2.05) is 18.2 Å². The molecule has 1 saturated heterocycles. The molecule has 0 spiro atoms. The summed E-state index contributed by atoms with van der Waals surface area (Å²) < 4.78 is 5.90. The predicted molar refractivity (Wildman–Crippen MR) is 100 cm³/mol. The number of hydrogen-bond acceptors (Lipinski definition) is 3. The summed E-state index contributed by atoms with van der Waals surface area (Å²) in [5.41, 5.74) is 7.51. The first-order valence-corrected chi connectivity index (χ1v) is 9.45. The number of amides is 1. The quantitative estimate of drug-likeness (QED) is 0.865. The van der Waals surface area contributed by atoms with Crippen LogP contribution in [-0.4, -0.2) is 24.6 Å². The van der Waals surface area contributed by atoms with Crippen molar-refractivity contribution in [2.75, 3.05) is 6.61 Å². The molecule has 0 aromatic heterocycles. The molecular formula is C20H29ClN2O2. The maximum Gasteiger partial charge on any atom is 0.223 e. The fourth-order valence-electron chi connectivity index (χ4n) is 5.01. The van der Waals surface area contributed by atoms with Gasteiger partial charge in [0.25, 0.3) is 0 Å². The smallest absolute Gasteiger partial charge is 0.223 e. The highest BCUT2D eigenvalue weighted by Gasteiger charge is 2.41. The number of fused-ring (bicyclic) bond motifs is 2. The summed E-state index contributed by atoms with van der Waals surface area (Å²) >= 11 is 0. The SMILES string of the molecule is Cl.NC1C2CCCC1CC(C(=O)NC1CCOC1c1ccccc1)C2. The molecule has 5 heteroatoms. The van der Waals surface area contributed by atoms with E-state index in [2.05, 4.69) is 17.4 Å². The second kappa shape index (κ2) is 8.07. The van der Waals surface area contributed by atoms with Gasteiger partial charge in [-0.25, -0.2) is 0 Å². The van der Waals surface area contributed by atoms with Gasteiger partial charge in [-0.1, -0.05) is 36.8 Å². The van der Waals surface area contributed by atoms with Crippen molar-refractivity contribution in [1.29, 1.82) is 0 Å². The fraction of sp³-hybridized carbons (Fsp3) is 0.650. The van der Waals surface area contributed by atoms with Gasteiger partial charge in [0.15, 0.2) is 0 Å². The molecule has 4 rings (SSSR count). The summed E-state index contributed by atoms with van der Waals surface area (Å²) in [6.07, 6.45) is 6.48. The second-order valence-electron chi connectivity index (χ2n) is 7.80. The molecule has 1 aromatic carbocycles. The normalized spacial score (nSPS) is 37.2. The summed E-state index contributed by atoms with van der Waals surface area (Å²) in [7, 11) is 0. The van der Waals surface area contributed by atoms with E-state index in [0.717, 1.165) is 24.8 Å². The van der Waals surface area contributed by atoms with Crippen LogP contribution >= 0.6 is 12.4 Å². The van der Waals surface area contributed by atoms with Crippen molar-refractivity contribution < 1.29 is 9.53 Å². The van der Waals surface area contributed by atoms with Crippen LogP contribution in [0.5, 0.6) is 0 Å². The first-order chi connectivity index (χ1) is 11.7. The van der Waals surface area contributed by atoms with Crippen molar-refractivity contribution >= 4 is 18.3 Å². The molecule has 4 unspecified atom stereocenters. The first-order valence-electron chi connectivity index (χ1n) is 9.45. The van der Waals surface area contributed by atoms with E-state index in [9.17, 15) is 4.79 Å². The molecule has 1 heterocycles. The van der Waals surface area contributed by atoms with Crippen LogP contribution in [0.25, 0.3) is 0 Å². The number of nitrogens with two attached hydrogens (primary N) is 1. The Morgan fingerprint density at radius 1 is 1.08 bits per heavy atom. The monoisotopic (exact) mass is 364 g/mol. The number of carbonyl (C=O) groups excluding carboxylic acids is 1. The summed E-state index contributed by atoms with van der Waals surface area (Å²) in [5, 5.41) is 3.30. The predicted octanol–water partition coefficient (Wildman–Crippen LogP) is 3.21. The highest BCUT2D eigenvalue weighted by atomic mass is 35.5. The Bertz CT molecular complexity index is 568. The van der Waals surface area contributed by atoms with Crippen LogP contribution in [-0.2, 0) is 9.53 Å². The molecule has 25 heavy (non-hydrogen) atoms. The lowest BCUT2D eigenvalue weighted by molar-refractivity contribution is -0.129. The van der Waals surface area contributed by atoms with Crippen molar-refractivity contribution in [3.05, 3.63) is 35.9 Å². The Morgan fingerprint density at radius 2 is 1.76 bits per heavy atom. The van der Waals surface area contributed by atoms with Gasteiger partial charge < -0.3 is 15.8 Å². The average molecular weight is 365 g/mol. The Morgan fingerprint density at radius 3 is 2.44 bits per heavy atom. The molecule has 138 valence electrons. The third kappa shape index (κ3) is 3.86. The summed E-state index contributed by atoms with van der Waals surface area (Å²) in [6, 6.07) is 10.6. The van der Waals surface area contributed by atoms with Gasteiger partial charge in [0, 0.05) is 18.6 Å². The van der Waals surface area contributed by atoms with Gasteiger partial charge in [0.05, 0.1) is 6.04 Å². The molecule has 3 N–H and O–H groups in total. The number of hydrogen-bond donors (Lipinski definition) is 2. The van der Waals surface area contributed by atoms with Crippen LogP contribution < -0.4 is 11.1 Å². The highest BCUT2D eigenvalue weighted by molar-refractivity contribution is 5.85. The lowest BCUT2D eigenvalue weighted by atomic mass is 9.65. The number of nitrogens with one attached hydrogen (secondary N) is 1. The third-order valence-electron chi connectivity index (χ3n) is 6.33. The minimum atomic E-state index is -0.0134. The molecule has 4 atom stereocenters. The Hall–Kier alpha value is -1.10. The van der Waals surface area contributed by atoms with E-state index in [0.29, 0.717) is 24.5 Å². The molecule has 1 aromatic rings. The van der Waals surface area contributed by atoms with Crippen LogP contribution in [0.4, 0.5) is 0 Å². The minimum Gasteiger partial charge on any atom is -0.371 e. The minimum absolute atomic E-state index is 0. The van der Waals surface area contributed by atoms with Crippen molar-refractivity contribution in [2.24, 2.45) is 23.5 Å². The van der Waals surface area contributed by atoms with Gasteiger partial charge in [-0.15, -0.1) is 12.4 Å². The van der Waals surface area contributed by atoms with Gasteiger partial charge in [0.2, 0.25) is 5.91 Å². The van der Waals surface area contributed by atoms with E-state index in [-0.39, 0.29) is 36.4 Å². The second-order valence-corrected chi connectivity index (χ2v) is 7.80. The van der Waals surface area contributed by atoms with Crippen molar-refractivity contribution in [1.82, 2.24) is 5.32 Å². The van der Waals surface area contributed by atoms with Gasteiger partial charge in [-0.3, -0.25) is 4.79 Å². The Balaban J connectivity index is 0.00000182. The molecule has 3 aliphatic rings. The van der Waals surface area contributed by atoms with Crippen LogP contribution in [0.3, 0.4) is 0 Å². The van der Waals surface area contributed by atoms with Gasteiger partial charge in [-0.05, 0) is 49.5 Å². The molecule has 0 radical (unpaired) electrons. The zero-order chi connectivity index (χ0) is 16.5. The zero-order valence-corrected chi connectivity index (χ0v) is 15.4. The van der Waals surface area contributed by atoms with Crippen molar-refractivity contribution in [3.63, 3.8) is 0 Å². The largest absolute Gasteiger partial charge is 0.371 e. The molecule has 1 amide bonds. The molecule has 2 bridgehead atoms. The zero-order valence-electron chi connectivity index (χ0n) is 14.6. The van der Waals surface area contributed by atoms with Crippen molar-refractivity contribution in [3.8, 4) is 0 Å². The van der Waals surface area contributed by atoms with Gasteiger partial charge >= 0.3 is 0 Å². The standard InChI is InChI=1S/C20H28N2O2.ClH/c21-18-14-7-4-8-15(18)12-16(11-14)20(23)22-17-9-10-24-19(17)13-5-2-1-3-6-13;/h1-3,5-6,14-19H,4,7-12,21H2,(H,22,23);1H. The van der Waals surface area contributed by atoms with E-state index in [1.165, 1.54) is 19.3 Å². The molecular weight excluding hydrogens is 336 g/mol. The van der Waals surface area contributed by atoms with Crippen molar-refractivity contribution in [2.45, 2.75) is 56.7 Å². The van der Waals surface area contributed by atoms with E-state index in [1.54, 1.807) is 0 Å². The summed E-state index contributed by atoms with van der Waals surface area (Å²) in [5.74, 6) is 1.43. The number of rotatable bonds is 3. The maximum absolute atomic E-state index is 12.9. The van der Waals surface area contributed by atoms with E-state index < -0.39 is 0 Å². The molecule has 1 aliphatic heterocycles. The first kappa shape index (κ1) is 18.7. The molecule has 4 nitrogen and oxygen atoms in total. The molecule has 2 saturated carbocycles. The van der Waals surface area contributed by atoms with E-state index in [4.69, 9.17) is 10.5 Å². The van der Waals surface area contributed by atoms with Crippen LogP contribution in [0.15, 0.2) is 30.3 Å². The summed E-state index contributed by atoms with van der Waals surface area (Å²) in [4.78, 5) is 12.9. The van der Waals surface area contributed by atoms with Crippen LogP contribution in [0.1, 0.15) is 50.2 Å². The third-order valence-corrected chi connectivity index (χ3v) is 6.33. The Kier molecular flexibility index (Phi) is 6.03.